The van der Waals surface area contributed by atoms with E-state index in [1.54, 1.807) is 30.3 Å². The van der Waals surface area contributed by atoms with Gasteiger partial charge >= 0.3 is 0 Å². The molecule has 0 saturated carbocycles. The zero-order chi connectivity index (χ0) is 24.0. The fraction of sp³-hybridized carbons (Fsp3) is 0.280. The van der Waals surface area contributed by atoms with Gasteiger partial charge in [-0.2, -0.15) is 0 Å². The van der Waals surface area contributed by atoms with Crippen molar-refractivity contribution >= 4 is 35.0 Å². The minimum Gasteiger partial charge on any atom is -0.326 e. The van der Waals surface area contributed by atoms with Crippen LogP contribution in [0, 0.1) is 0 Å². The Morgan fingerprint density at radius 2 is 1.61 bits per heavy atom. The molecule has 0 aliphatic heterocycles. The van der Waals surface area contributed by atoms with Crippen molar-refractivity contribution in [3.8, 4) is 11.4 Å². The van der Waals surface area contributed by atoms with E-state index in [4.69, 9.17) is 0 Å². The monoisotopic (exact) mass is 463 g/mol. The number of thioether (sulfide) groups is 1. The molecule has 0 spiro atoms. The summed E-state index contributed by atoms with van der Waals surface area (Å²) in [6.45, 7) is 12.4. The number of carbonyl (C=O) groups is 2. The van der Waals surface area contributed by atoms with Crippen molar-refractivity contribution in [2.45, 2.75) is 44.8 Å². The Hall–Kier alpha value is -3.39. The zero-order valence-corrected chi connectivity index (χ0v) is 20.2. The number of carbonyl (C=O) groups excluding carboxylic acids is 2. The molecule has 7 nitrogen and oxygen atoms in total. The molecule has 0 bridgehead atoms. The number of allylic oxidation sites excluding steroid dienone is 1. The van der Waals surface area contributed by atoms with E-state index in [0.29, 0.717) is 23.1 Å². The highest BCUT2D eigenvalue weighted by Crippen LogP contribution is 2.28. The third-order valence-corrected chi connectivity index (χ3v) is 5.83. The summed E-state index contributed by atoms with van der Waals surface area (Å²) in [4.78, 5) is 23.6. The first kappa shape index (κ1) is 24.3. The fourth-order valence-corrected chi connectivity index (χ4v) is 3.94. The van der Waals surface area contributed by atoms with E-state index in [0.717, 1.165) is 11.4 Å². The lowest BCUT2D eigenvalue weighted by Gasteiger charge is -2.19. The molecule has 0 aliphatic carbocycles. The molecule has 2 aromatic carbocycles. The Morgan fingerprint density at radius 1 is 1.00 bits per heavy atom. The molecule has 0 atom stereocenters. The van der Waals surface area contributed by atoms with Crippen LogP contribution in [0.1, 0.15) is 33.3 Å². The second-order valence-electron chi connectivity index (χ2n) is 8.63. The molecule has 172 valence electrons. The summed E-state index contributed by atoms with van der Waals surface area (Å²) < 4.78 is 1.96. The number of aromatic nitrogens is 3. The molecular formula is C25H29N5O2S. The minimum atomic E-state index is -0.156. The highest BCUT2D eigenvalue weighted by molar-refractivity contribution is 7.99. The average molecular weight is 464 g/mol. The van der Waals surface area contributed by atoms with Crippen LogP contribution in [0.15, 0.2) is 66.3 Å². The van der Waals surface area contributed by atoms with E-state index in [9.17, 15) is 9.59 Å². The molecule has 3 aromatic rings. The van der Waals surface area contributed by atoms with Gasteiger partial charge in [0.05, 0.1) is 5.75 Å². The number of nitrogens with one attached hydrogen (secondary N) is 2. The average Bonchev–Trinajstić information content (AvgIpc) is 3.16. The molecule has 2 N–H and O–H groups in total. The highest BCUT2D eigenvalue weighted by Gasteiger charge is 2.17. The van der Waals surface area contributed by atoms with Crippen LogP contribution >= 0.6 is 11.8 Å². The Bertz CT molecular complexity index is 1130. The second kappa shape index (κ2) is 10.5. The van der Waals surface area contributed by atoms with Gasteiger partial charge < -0.3 is 10.6 Å². The van der Waals surface area contributed by atoms with E-state index >= 15 is 0 Å². The maximum absolute atomic E-state index is 12.4. The summed E-state index contributed by atoms with van der Waals surface area (Å²) in [6, 6.07) is 15.3. The lowest BCUT2D eigenvalue weighted by atomic mass is 9.87. The summed E-state index contributed by atoms with van der Waals surface area (Å²) in [5, 5.41) is 14.9. The molecular weight excluding hydrogens is 434 g/mol. The molecule has 0 saturated heterocycles. The number of hydrogen-bond acceptors (Lipinski definition) is 5. The van der Waals surface area contributed by atoms with E-state index in [1.807, 2.05) is 4.57 Å². The maximum Gasteiger partial charge on any atom is 0.234 e. The first-order valence-corrected chi connectivity index (χ1v) is 11.6. The number of anilines is 2. The molecule has 0 unspecified atom stereocenters. The fourth-order valence-electron chi connectivity index (χ4n) is 3.19. The molecule has 1 aromatic heterocycles. The van der Waals surface area contributed by atoms with Gasteiger partial charge in [0.1, 0.15) is 0 Å². The quantitative estimate of drug-likeness (QED) is 0.358. The van der Waals surface area contributed by atoms with Crippen LogP contribution < -0.4 is 10.6 Å². The van der Waals surface area contributed by atoms with Crippen LogP contribution in [0.5, 0.6) is 0 Å². The maximum atomic E-state index is 12.4. The topological polar surface area (TPSA) is 88.9 Å². The Morgan fingerprint density at radius 3 is 2.15 bits per heavy atom. The Labute approximate surface area is 198 Å². The molecule has 33 heavy (non-hydrogen) atoms. The highest BCUT2D eigenvalue weighted by atomic mass is 32.2. The van der Waals surface area contributed by atoms with Crippen molar-refractivity contribution in [1.29, 1.82) is 0 Å². The van der Waals surface area contributed by atoms with Crippen molar-refractivity contribution in [1.82, 2.24) is 14.8 Å². The van der Waals surface area contributed by atoms with Gasteiger partial charge in [-0.3, -0.25) is 14.2 Å². The molecule has 0 fully saturated rings. The summed E-state index contributed by atoms with van der Waals surface area (Å²) in [5.74, 6) is 0.630. The predicted molar refractivity (Wildman–Crippen MR) is 134 cm³/mol. The van der Waals surface area contributed by atoms with Gasteiger partial charge in [-0.15, -0.1) is 16.8 Å². The van der Waals surface area contributed by atoms with Gasteiger partial charge in [0.2, 0.25) is 11.8 Å². The third-order valence-electron chi connectivity index (χ3n) is 4.86. The SMILES string of the molecule is C=CCn1c(SCC(=O)Nc2ccc(NC(C)=O)cc2)nnc1-c1ccc(C(C)(C)C)cc1. The second-order valence-corrected chi connectivity index (χ2v) is 9.57. The smallest absolute Gasteiger partial charge is 0.234 e. The number of nitrogens with zero attached hydrogens (tertiary/aromatic N) is 3. The summed E-state index contributed by atoms with van der Waals surface area (Å²) >= 11 is 1.32. The number of hydrogen-bond donors (Lipinski definition) is 2. The molecule has 3 rings (SSSR count). The number of rotatable bonds is 8. The van der Waals surface area contributed by atoms with Crippen molar-refractivity contribution in [2.24, 2.45) is 0 Å². The molecule has 8 heteroatoms. The largest absolute Gasteiger partial charge is 0.326 e. The number of amides is 2. The summed E-state index contributed by atoms with van der Waals surface area (Å²) in [7, 11) is 0. The lowest BCUT2D eigenvalue weighted by molar-refractivity contribution is -0.114. The van der Waals surface area contributed by atoms with Crippen molar-refractivity contribution in [2.75, 3.05) is 16.4 Å². The van der Waals surface area contributed by atoms with Crippen molar-refractivity contribution in [3.63, 3.8) is 0 Å². The molecule has 0 aliphatic rings. The summed E-state index contributed by atoms with van der Waals surface area (Å²) in [5.41, 5.74) is 3.62. The minimum absolute atomic E-state index is 0.0753. The molecule has 2 amide bonds. The van der Waals surface area contributed by atoms with Crippen LogP contribution in [0.2, 0.25) is 0 Å². The van der Waals surface area contributed by atoms with Crippen molar-refractivity contribution < 1.29 is 9.59 Å². The van der Waals surface area contributed by atoms with Crippen LogP contribution in [-0.2, 0) is 21.5 Å². The first-order valence-electron chi connectivity index (χ1n) is 10.6. The summed E-state index contributed by atoms with van der Waals surface area (Å²) in [6.07, 6.45) is 1.79. The number of benzene rings is 2. The van der Waals surface area contributed by atoms with Crippen LogP contribution in [-0.4, -0.2) is 32.3 Å². The first-order chi connectivity index (χ1) is 15.7. The third kappa shape index (κ3) is 6.55. The molecule has 0 radical (unpaired) electrons. The van der Waals surface area contributed by atoms with Crippen LogP contribution in [0.3, 0.4) is 0 Å². The van der Waals surface area contributed by atoms with Gasteiger partial charge in [0.25, 0.3) is 0 Å². The lowest BCUT2D eigenvalue weighted by Crippen LogP contribution is -2.15. The van der Waals surface area contributed by atoms with Crippen LogP contribution in [0.25, 0.3) is 11.4 Å². The normalized spacial score (nSPS) is 11.2. The van der Waals surface area contributed by atoms with Crippen molar-refractivity contribution in [3.05, 3.63) is 66.7 Å². The van der Waals surface area contributed by atoms with Gasteiger partial charge in [0.15, 0.2) is 11.0 Å². The Kier molecular flexibility index (Phi) is 7.71. The Balaban J connectivity index is 1.67. The van der Waals surface area contributed by atoms with E-state index in [-0.39, 0.29) is 23.0 Å². The van der Waals surface area contributed by atoms with Gasteiger partial charge in [-0.25, -0.2) is 0 Å². The van der Waals surface area contributed by atoms with Gasteiger partial charge in [0, 0.05) is 30.4 Å². The van der Waals surface area contributed by atoms with Gasteiger partial charge in [-0.05, 0) is 35.2 Å². The van der Waals surface area contributed by atoms with E-state index in [2.05, 4.69) is 72.4 Å². The standard InChI is InChI=1S/C25H29N5O2S/c1-6-15-30-23(18-7-9-19(10-8-18)25(3,4)5)28-29-24(30)33-16-22(32)27-21-13-11-20(12-14-21)26-17(2)31/h6-14H,1,15-16H2,2-5H3,(H,26,31)(H,27,32). The van der Waals surface area contributed by atoms with Gasteiger partial charge in [-0.1, -0.05) is 62.9 Å². The van der Waals surface area contributed by atoms with E-state index in [1.165, 1.54) is 24.2 Å². The zero-order valence-electron chi connectivity index (χ0n) is 19.4. The van der Waals surface area contributed by atoms with E-state index < -0.39 is 0 Å². The molecule has 1 heterocycles. The predicted octanol–water partition coefficient (Wildman–Crippen LogP) is 5.12. The van der Waals surface area contributed by atoms with Crippen LogP contribution in [0.4, 0.5) is 11.4 Å².